The maximum absolute atomic E-state index is 13.9. The number of nitrogens with zero attached hydrogens (tertiary/aromatic N) is 2. The van der Waals surface area contributed by atoms with Gasteiger partial charge >= 0.3 is 0 Å². The van der Waals surface area contributed by atoms with Gasteiger partial charge in [0, 0.05) is 20.2 Å². The van der Waals surface area contributed by atoms with E-state index in [9.17, 15) is 12.8 Å². The third kappa shape index (κ3) is 4.17. The largest absolute Gasteiger partial charge is 0.383 e. The summed E-state index contributed by atoms with van der Waals surface area (Å²) in [7, 11) is -2.25. The van der Waals surface area contributed by atoms with E-state index in [1.54, 1.807) is 14.0 Å². The Labute approximate surface area is 182 Å². The van der Waals surface area contributed by atoms with E-state index < -0.39 is 21.4 Å². The fraction of sp³-hybridized carbons (Fsp3) is 0.409. The molecular formula is C22H27FN4O3S. The molecule has 1 saturated heterocycles. The smallest absolute Gasteiger partial charge is 0.243 e. The molecule has 0 radical (unpaired) electrons. The minimum Gasteiger partial charge on any atom is -0.383 e. The summed E-state index contributed by atoms with van der Waals surface area (Å²) in [6.07, 6.45) is 1.36. The summed E-state index contributed by atoms with van der Waals surface area (Å²) in [5.74, 6) is 0.128. The average molecular weight is 447 g/mol. The van der Waals surface area contributed by atoms with Crippen LogP contribution in [0.25, 0.3) is 0 Å². The van der Waals surface area contributed by atoms with Crippen LogP contribution < -0.4 is 10.6 Å². The summed E-state index contributed by atoms with van der Waals surface area (Å²) in [5.41, 5.74) is 1.61. The number of fused-ring (bicyclic) bond motifs is 1. The van der Waals surface area contributed by atoms with Crippen molar-refractivity contribution in [1.29, 1.82) is 0 Å². The first-order valence-corrected chi connectivity index (χ1v) is 11.7. The molecule has 7 nitrogen and oxygen atoms in total. The number of aliphatic imine (C=N–C) groups is 1. The zero-order valence-corrected chi connectivity index (χ0v) is 18.5. The third-order valence-electron chi connectivity index (χ3n) is 5.80. The molecule has 0 bridgehead atoms. The van der Waals surface area contributed by atoms with E-state index in [-0.39, 0.29) is 11.4 Å². The molecule has 1 unspecified atom stereocenters. The Morgan fingerprint density at radius 1 is 1.23 bits per heavy atom. The van der Waals surface area contributed by atoms with E-state index in [2.05, 4.69) is 10.6 Å². The van der Waals surface area contributed by atoms with Crippen LogP contribution in [0.1, 0.15) is 18.4 Å². The lowest BCUT2D eigenvalue weighted by Crippen LogP contribution is -2.62. The summed E-state index contributed by atoms with van der Waals surface area (Å²) in [5, 5.41) is 6.95. The molecule has 9 heteroatoms. The zero-order chi connectivity index (χ0) is 22.1. The average Bonchev–Trinajstić information content (AvgIpc) is 2.76. The van der Waals surface area contributed by atoms with E-state index in [0.717, 1.165) is 17.4 Å². The van der Waals surface area contributed by atoms with Gasteiger partial charge in [-0.05, 0) is 49.6 Å². The van der Waals surface area contributed by atoms with E-state index in [4.69, 9.17) is 9.73 Å². The molecule has 166 valence electrons. The second kappa shape index (κ2) is 8.57. The molecule has 31 heavy (non-hydrogen) atoms. The van der Waals surface area contributed by atoms with Gasteiger partial charge in [-0.2, -0.15) is 4.31 Å². The highest BCUT2D eigenvalue weighted by atomic mass is 32.2. The molecular weight excluding hydrogens is 419 g/mol. The molecule has 1 atom stereocenters. The molecule has 1 spiro atoms. The molecule has 2 aliphatic rings. The minimum absolute atomic E-state index is 0.00610. The van der Waals surface area contributed by atoms with Crippen molar-refractivity contribution in [2.75, 3.05) is 44.0 Å². The Morgan fingerprint density at radius 3 is 2.77 bits per heavy atom. The van der Waals surface area contributed by atoms with Gasteiger partial charge in [0.2, 0.25) is 10.0 Å². The number of hydrogen-bond acceptors (Lipinski definition) is 5. The van der Waals surface area contributed by atoms with E-state index in [0.29, 0.717) is 43.9 Å². The number of ether oxygens (including phenoxy) is 1. The Kier molecular flexibility index (Phi) is 6.00. The lowest BCUT2D eigenvalue weighted by atomic mass is 9.86. The Bertz CT molecular complexity index is 1110. The predicted molar refractivity (Wildman–Crippen MR) is 120 cm³/mol. The highest BCUT2D eigenvalue weighted by Gasteiger charge is 2.46. The number of sulfonamides is 1. The number of halogens is 1. The zero-order valence-electron chi connectivity index (χ0n) is 17.7. The SMILES string of the molecule is COCCN=C1Nc2ccccc2NC12CCCN(S(=O)(=O)c1cc(F)ccc1C)C2. The highest BCUT2D eigenvalue weighted by Crippen LogP contribution is 2.37. The van der Waals surface area contributed by atoms with E-state index in [1.807, 2.05) is 24.3 Å². The van der Waals surface area contributed by atoms with Gasteiger partial charge in [0.05, 0.1) is 29.4 Å². The van der Waals surface area contributed by atoms with Crippen LogP contribution in [0.4, 0.5) is 15.8 Å². The van der Waals surface area contributed by atoms with Crippen molar-refractivity contribution < 1.29 is 17.5 Å². The monoisotopic (exact) mass is 446 g/mol. The molecule has 0 aromatic heterocycles. The van der Waals surface area contributed by atoms with Crippen molar-refractivity contribution in [3.8, 4) is 0 Å². The Hall–Kier alpha value is -2.49. The number of nitrogens with one attached hydrogen (secondary N) is 2. The molecule has 1 fully saturated rings. The number of rotatable bonds is 5. The van der Waals surface area contributed by atoms with Crippen LogP contribution in [-0.2, 0) is 14.8 Å². The molecule has 2 aromatic carbocycles. The normalized spacial score (nSPS) is 22.7. The number of benzene rings is 2. The summed E-state index contributed by atoms with van der Waals surface area (Å²) in [6.45, 7) is 3.17. The summed E-state index contributed by atoms with van der Waals surface area (Å²) in [6, 6.07) is 11.6. The number of aryl methyl sites for hydroxylation is 1. The summed E-state index contributed by atoms with van der Waals surface area (Å²) in [4.78, 5) is 4.71. The standard InChI is InChI=1S/C22H27FN4O3S/c1-16-8-9-17(23)14-20(16)31(28,29)27-12-5-10-22(15-27)21(24-11-13-30-2)25-18-6-3-4-7-19(18)26-22/h3-4,6-9,14,26H,5,10-13,15H2,1-2H3,(H,24,25). The van der Waals surface area contributed by atoms with Gasteiger partial charge in [-0.25, -0.2) is 12.8 Å². The number of piperidine rings is 1. The number of para-hydroxylation sites is 2. The summed E-state index contributed by atoms with van der Waals surface area (Å²) >= 11 is 0. The molecule has 2 aliphatic heterocycles. The number of hydrogen-bond donors (Lipinski definition) is 2. The number of anilines is 2. The fourth-order valence-electron chi connectivity index (χ4n) is 4.21. The second-order valence-electron chi connectivity index (χ2n) is 7.95. The lowest BCUT2D eigenvalue weighted by Gasteiger charge is -2.46. The first-order chi connectivity index (χ1) is 14.9. The first-order valence-electron chi connectivity index (χ1n) is 10.3. The number of amidine groups is 1. The van der Waals surface area contributed by atoms with Crippen molar-refractivity contribution in [1.82, 2.24) is 4.31 Å². The van der Waals surface area contributed by atoms with E-state index in [1.165, 1.54) is 16.4 Å². The van der Waals surface area contributed by atoms with Crippen molar-refractivity contribution in [2.24, 2.45) is 4.99 Å². The fourth-order valence-corrected chi connectivity index (χ4v) is 5.99. The van der Waals surface area contributed by atoms with E-state index >= 15 is 0 Å². The first kappa shape index (κ1) is 21.7. The number of methoxy groups -OCH3 is 1. The molecule has 0 aliphatic carbocycles. The second-order valence-corrected chi connectivity index (χ2v) is 9.86. The highest BCUT2D eigenvalue weighted by molar-refractivity contribution is 7.89. The van der Waals surface area contributed by atoms with Gasteiger partial charge in [-0.15, -0.1) is 0 Å². The molecule has 2 heterocycles. The van der Waals surface area contributed by atoms with Crippen molar-refractivity contribution in [2.45, 2.75) is 30.2 Å². The third-order valence-corrected chi connectivity index (χ3v) is 7.79. The van der Waals surface area contributed by atoms with Crippen molar-refractivity contribution >= 4 is 27.2 Å². The van der Waals surface area contributed by atoms with Crippen LogP contribution in [0.3, 0.4) is 0 Å². The van der Waals surface area contributed by atoms with Crippen LogP contribution in [-0.4, -0.2) is 57.4 Å². The molecule has 2 N–H and O–H groups in total. The molecule has 0 amide bonds. The molecule has 0 saturated carbocycles. The predicted octanol–water partition coefficient (Wildman–Crippen LogP) is 3.24. The van der Waals surface area contributed by atoms with Gasteiger partial charge in [0.15, 0.2) is 0 Å². The topological polar surface area (TPSA) is 83.0 Å². The van der Waals surface area contributed by atoms with Crippen LogP contribution in [0.2, 0.25) is 0 Å². The Morgan fingerprint density at radius 2 is 2.00 bits per heavy atom. The van der Waals surface area contributed by atoms with Crippen molar-refractivity contribution in [3.63, 3.8) is 0 Å². The lowest BCUT2D eigenvalue weighted by molar-refractivity contribution is 0.207. The van der Waals surface area contributed by atoms with Gasteiger partial charge in [0.1, 0.15) is 17.2 Å². The van der Waals surface area contributed by atoms with Crippen molar-refractivity contribution in [3.05, 3.63) is 53.8 Å². The van der Waals surface area contributed by atoms with Gasteiger partial charge in [0.25, 0.3) is 0 Å². The quantitative estimate of drug-likeness (QED) is 0.689. The van der Waals surface area contributed by atoms with Crippen LogP contribution in [0.5, 0.6) is 0 Å². The van der Waals surface area contributed by atoms with Gasteiger partial charge in [-0.3, -0.25) is 4.99 Å². The van der Waals surface area contributed by atoms with Crippen LogP contribution in [0, 0.1) is 12.7 Å². The molecule has 4 rings (SSSR count). The molecule has 2 aromatic rings. The Balaban J connectivity index is 1.71. The summed E-state index contributed by atoms with van der Waals surface area (Å²) < 4.78 is 47.3. The maximum Gasteiger partial charge on any atom is 0.243 e. The van der Waals surface area contributed by atoms with Gasteiger partial charge < -0.3 is 15.4 Å². The van der Waals surface area contributed by atoms with Crippen LogP contribution >= 0.6 is 0 Å². The van der Waals surface area contributed by atoms with Crippen LogP contribution in [0.15, 0.2) is 52.4 Å². The maximum atomic E-state index is 13.9. The van der Waals surface area contributed by atoms with Gasteiger partial charge in [-0.1, -0.05) is 18.2 Å². The minimum atomic E-state index is -3.87.